The molecule has 1 aromatic heterocycles. The number of halogens is 1. The van der Waals surface area contributed by atoms with Crippen LogP contribution < -0.4 is 19.6 Å². The third-order valence-electron chi connectivity index (χ3n) is 6.12. The van der Waals surface area contributed by atoms with E-state index < -0.39 is 11.7 Å². The fraction of sp³-hybridized carbons (Fsp3) is 0.464. The fourth-order valence-corrected chi connectivity index (χ4v) is 4.52. The molecule has 0 bridgehead atoms. The molecule has 0 fully saturated rings. The largest absolute Gasteiger partial charge is 0.486 e. The molecule has 212 valence electrons. The molecule has 11 heteroatoms. The van der Waals surface area contributed by atoms with Crippen molar-refractivity contribution in [2.24, 2.45) is 0 Å². The van der Waals surface area contributed by atoms with Crippen LogP contribution in [0.4, 0.5) is 0 Å². The summed E-state index contributed by atoms with van der Waals surface area (Å²) >= 11 is 6.78. The average molecular weight is 565 g/mol. The van der Waals surface area contributed by atoms with Crippen LogP contribution in [0.15, 0.2) is 39.7 Å². The predicted molar refractivity (Wildman–Crippen MR) is 144 cm³/mol. The number of methoxy groups -OCH3 is 2. The topological polar surface area (TPSA) is 115 Å². The Morgan fingerprint density at radius 1 is 1.00 bits per heavy atom. The molecule has 2 aromatic carbocycles. The lowest BCUT2D eigenvalue weighted by atomic mass is 9.89. The molecule has 2 heterocycles. The number of aliphatic hydroxyl groups excluding tert-OH is 1. The monoisotopic (exact) mass is 564 g/mol. The van der Waals surface area contributed by atoms with Crippen molar-refractivity contribution in [3.8, 4) is 28.4 Å². The molecule has 1 N–H and O–H groups in total. The minimum Gasteiger partial charge on any atom is -0.486 e. The summed E-state index contributed by atoms with van der Waals surface area (Å²) in [6.45, 7) is 5.14. The third kappa shape index (κ3) is 6.84. The van der Waals surface area contributed by atoms with Crippen molar-refractivity contribution in [1.29, 1.82) is 0 Å². The van der Waals surface area contributed by atoms with Gasteiger partial charge in [0.2, 0.25) is 5.43 Å². The molecule has 1 aliphatic rings. The van der Waals surface area contributed by atoms with E-state index in [0.717, 1.165) is 0 Å². The van der Waals surface area contributed by atoms with Gasteiger partial charge in [0.1, 0.15) is 34.0 Å². The highest BCUT2D eigenvalue weighted by Crippen LogP contribution is 2.50. The molecule has 39 heavy (non-hydrogen) atoms. The van der Waals surface area contributed by atoms with Crippen LogP contribution in [0.2, 0.25) is 5.02 Å². The SMILES string of the molecule is COCCOCOc1ccc2c(=O)c(-c3cc4c(c(Cl)c3OCOCCOC)OC(C)(C)CC4O)coc2c1. The van der Waals surface area contributed by atoms with Crippen molar-refractivity contribution < 1.29 is 42.7 Å². The number of fused-ring (bicyclic) bond motifs is 2. The zero-order valence-electron chi connectivity index (χ0n) is 22.4. The lowest BCUT2D eigenvalue weighted by Gasteiger charge is -2.36. The summed E-state index contributed by atoms with van der Waals surface area (Å²) in [5.41, 5.74) is 0.371. The van der Waals surface area contributed by atoms with Crippen molar-refractivity contribution in [2.75, 3.05) is 54.2 Å². The number of rotatable bonds is 13. The first-order valence-corrected chi connectivity index (χ1v) is 12.8. The van der Waals surface area contributed by atoms with Crippen LogP contribution in [-0.4, -0.2) is 64.9 Å². The zero-order valence-corrected chi connectivity index (χ0v) is 23.2. The second kappa shape index (κ2) is 13.0. The van der Waals surface area contributed by atoms with E-state index in [1.54, 1.807) is 38.5 Å². The van der Waals surface area contributed by atoms with E-state index in [2.05, 4.69) is 0 Å². The molecule has 0 aliphatic carbocycles. The van der Waals surface area contributed by atoms with Gasteiger partial charge in [0.25, 0.3) is 0 Å². The van der Waals surface area contributed by atoms with E-state index in [1.165, 1.54) is 6.26 Å². The van der Waals surface area contributed by atoms with E-state index in [9.17, 15) is 9.90 Å². The number of hydrogen-bond donors (Lipinski definition) is 1. The quantitative estimate of drug-likeness (QED) is 0.231. The first kappa shape index (κ1) is 29.1. The Labute approximate surface area is 231 Å². The van der Waals surface area contributed by atoms with Crippen LogP contribution >= 0.6 is 11.6 Å². The second-order valence-corrected chi connectivity index (χ2v) is 9.91. The van der Waals surface area contributed by atoms with Gasteiger partial charge in [0, 0.05) is 37.8 Å². The Bertz CT molecular complexity index is 1340. The molecule has 0 amide bonds. The Morgan fingerprint density at radius 2 is 1.69 bits per heavy atom. The van der Waals surface area contributed by atoms with Gasteiger partial charge in [-0.3, -0.25) is 4.79 Å². The summed E-state index contributed by atoms with van der Waals surface area (Å²) in [6.07, 6.45) is 0.825. The van der Waals surface area contributed by atoms with Crippen LogP contribution in [0.5, 0.6) is 17.2 Å². The standard InChI is InChI=1S/C28H33ClO10/c1-28(2)13-22(30)20-12-19(26(24(29)27(20)39-28)38-16-35-10-8-33-4)21-14-36-23-11-17(5-6-18(23)25(21)31)37-15-34-9-7-32-3/h5-6,11-12,14,22,30H,7-10,13,15-16H2,1-4H3. The predicted octanol–water partition coefficient (Wildman–Crippen LogP) is 4.71. The maximum absolute atomic E-state index is 13.6. The van der Waals surface area contributed by atoms with Crippen LogP contribution in [0, 0.1) is 0 Å². The van der Waals surface area contributed by atoms with E-state index in [1.807, 2.05) is 13.8 Å². The van der Waals surface area contributed by atoms with Gasteiger partial charge >= 0.3 is 0 Å². The number of benzene rings is 2. The maximum atomic E-state index is 13.6. The maximum Gasteiger partial charge on any atom is 0.200 e. The van der Waals surface area contributed by atoms with Gasteiger partial charge in [0.05, 0.1) is 43.5 Å². The average Bonchev–Trinajstić information content (AvgIpc) is 2.90. The molecule has 1 atom stereocenters. The van der Waals surface area contributed by atoms with Gasteiger partial charge < -0.3 is 42.7 Å². The molecule has 0 saturated carbocycles. The Morgan fingerprint density at radius 3 is 2.38 bits per heavy atom. The van der Waals surface area contributed by atoms with Gasteiger partial charge in [0.15, 0.2) is 19.3 Å². The molecule has 4 rings (SSSR count). The molecular weight excluding hydrogens is 532 g/mol. The minimum atomic E-state index is -0.856. The summed E-state index contributed by atoms with van der Waals surface area (Å²) in [6, 6.07) is 6.53. The van der Waals surface area contributed by atoms with E-state index in [0.29, 0.717) is 66.4 Å². The van der Waals surface area contributed by atoms with Crippen molar-refractivity contribution in [3.05, 3.63) is 51.3 Å². The molecule has 1 unspecified atom stereocenters. The van der Waals surface area contributed by atoms with Gasteiger partial charge in [-0.25, -0.2) is 0 Å². The molecule has 10 nitrogen and oxygen atoms in total. The Hall–Kier alpha value is -2.86. The number of aliphatic hydroxyl groups is 1. The van der Waals surface area contributed by atoms with Crippen LogP contribution in [0.3, 0.4) is 0 Å². The van der Waals surface area contributed by atoms with Crippen molar-refractivity contribution in [1.82, 2.24) is 0 Å². The molecule has 0 saturated heterocycles. The third-order valence-corrected chi connectivity index (χ3v) is 6.47. The van der Waals surface area contributed by atoms with Gasteiger partial charge in [-0.2, -0.15) is 0 Å². The summed E-state index contributed by atoms with van der Waals surface area (Å²) in [7, 11) is 3.16. The molecule has 0 radical (unpaired) electrons. The van der Waals surface area contributed by atoms with Gasteiger partial charge in [-0.05, 0) is 32.0 Å². The molecule has 1 aliphatic heterocycles. The van der Waals surface area contributed by atoms with Gasteiger partial charge in [-0.15, -0.1) is 0 Å². The number of hydrogen-bond acceptors (Lipinski definition) is 10. The minimum absolute atomic E-state index is 0.0269. The Kier molecular flexibility index (Phi) is 9.71. The first-order valence-electron chi connectivity index (χ1n) is 12.4. The van der Waals surface area contributed by atoms with Crippen molar-refractivity contribution >= 4 is 22.6 Å². The van der Waals surface area contributed by atoms with Gasteiger partial charge in [-0.1, -0.05) is 11.6 Å². The first-order chi connectivity index (χ1) is 18.8. The fourth-order valence-electron chi connectivity index (χ4n) is 4.22. The highest BCUT2D eigenvalue weighted by Gasteiger charge is 2.36. The van der Waals surface area contributed by atoms with Crippen molar-refractivity contribution in [3.63, 3.8) is 0 Å². The smallest absolute Gasteiger partial charge is 0.200 e. The zero-order chi connectivity index (χ0) is 28.0. The molecule has 3 aromatic rings. The van der Waals surface area contributed by atoms with E-state index >= 15 is 0 Å². The summed E-state index contributed by atoms with van der Waals surface area (Å²) in [5, 5.41) is 11.4. The normalized spacial score (nSPS) is 16.1. The summed E-state index contributed by atoms with van der Waals surface area (Å²) in [5.74, 6) is 0.959. The lowest BCUT2D eigenvalue weighted by molar-refractivity contribution is -0.00935. The highest BCUT2D eigenvalue weighted by atomic mass is 35.5. The second-order valence-electron chi connectivity index (χ2n) is 9.53. The number of ether oxygens (including phenoxy) is 7. The lowest BCUT2D eigenvalue weighted by Crippen LogP contribution is -2.35. The Balaban J connectivity index is 1.71. The highest BCUT2D eigenvalue weighted by molar-refractivity contribution is 6.34. The van der Waals surface area contributed by atoms with Crippen LogP contribution in [-0.2, 0) is 18.9 Å². The van der Waals surface area contributed by atoms with Crippen molar-refractivity contribution in [2.45, 2.75) is 32.0 Å². The summed E-state index contributed by atoms with van der Waals surface area (Å²) in [4.78, 5) is 13.6. The van der Waals surface area contributed by atoms with E-state index in [4.69, 9.17) is 49.2 Å². The molecular formula is C28H33ClO10. The van der Waals surface area contributed by atoms with E-state index in [-0.39, 0.29) is 35.4 Å². The van der Waals surface area contributed by atoms with Crippen LogP contribution in [0.1, 0.15) is 31.9 Å². The summed E-state index contributed by atoms with van der Waals surface area (Å²) < 4.78 is 44.1. The van der Waals surface area contributed by atoms with Crippen LogP contribution in [0.25, 0.3) is 22.1 Å². The molecule has 0 spiro atoms.